The van der Waals surface area contributed by atoms with Crippen LogP contribution in [0.4, 0.5) is 0 Å². The molecule has 0 amide bonds. The van der Waals surface area contributed by atoms with Gasteiger partial charge in [0.2, 0.25) is 0 Å². The minimum absolute atomic E-state index is 0.731. The molecule has 0 radical (unpaired) electrons. The van der Waals surface area contributed by atoms with Gasteiger partial charge in [0.15, 0.2) is 0 Å². The lowest BCUT2D eigenvalue weighted by atomic mass is 10.1. The minimum Gasteiger partial charge on any atom is -0.306 e. The predicted octanol–water partition coefficient (Wildman–Crippen LogP) is 6.46. The SMILES string of the molecule is Clc1ccc(-n2ccnc2)c(CCSOSCCc2cc(Cl)ccc2-n2ccnc2)c1. The second-order valence-corrected chi connectivity index (χ2v) is 9.40. The molecule has 0 atom stereocenters. The van der Waals surface area contributed by atoms with Crippen molar-refractivity contribution in [3.8, 4) is 11.4 Å². The summed E-state index contributed by atoms with van der Waals surface area (Å²) in [6, 6.07) is 11.8. The lowest BCUT2D eigenvalue weighted by Crippen LogP contribution is -2.00. The van der Waals surface area contributed by atoms with E-state index in [9.17, 15) is 0 Å². The lowest BCUT2D eigenvalue weighted by Gasteiger charge is -2.11. The highest BCUT2D eigenvalue weighted by Gasteiger charge is 2.08. The van der Waals surface area contributed by atoms with Crippen molar-refractivity contribution >= 4 is 47.3 Å². The zero-order valence-corrected chi connectivity index (χ0v) is 19.7. The van der Waals surface area contributed by atoms with Crippen LogP contribution >= 0.6 is 47.3 Å². The molecule has 0 aliphatic rings. The molecule has 0 bridgehead atoms. The maximum Gasteiger partial charge on any atom is 0.0991 e. The van der Waals surface area contributed by atoms with E-state index in [4.69, 9.17) is 26.8 Å². The molecule has 5 nitrogen and oxygen atoms in total. The number of halogens is 2. The molecule has 2 heterocycles. The number of aryl methyl sites for hydroxylation is 2. The zero-order chi connectivity index (χ0) is 21.5. The Morgan fingerprint density at radius 1 is 0.742 bits per heavy atom. The first-order valence-corrected chi connectivity index (χ1v) is 12.2. The van der Waals surface area contributed by atoms with Gasteiger partial charge in [-0.15, -0.1) is 0 Å². The summed E-state index contributed by atoms with van der Waals surface area (Å²) in [7, 11) is 0. The molecule has 0 aliphatic carbocycles. The van der Waals surface area contributed by atoms with E-state index in [0.29, 0.717) is 0 Å². The van der Waals surface area contributed by atoms with Gasteiger partial charge in [-0.05, 0) is 60.4 Å². The highest BCUT2D eigenvalue weighted by atomic mass is 35.5. The Kier molecular flexibility index (Phi) is 7.99. The molecule has 4 aromatic rings. The molecule has 160 valence electrons. The Balaban J connectivity index is 1.25. The van der Waals surface area contributed by atoms with Crippen molar-refractivity contribution in [2.75, 3.05) is 11.5 Å². The molecule has 0 spiro atoms. The number of benzene rings is 2. The maximum atomic E-state index is 6.20. The molecule has 4 rings (SSSR count). The number of imidazole rings is 2. The molecule has 0 unspecified atom stereocenters. The van der Waals surface area contributed by atoms with Crippen LogP contribution in [-0.2, 0) is 16.5 Å². The van der Waals surface area contributed by atoms with Crippen molar-refractivity contribution in [2.45, 2.75) is 12.8 Å². The predicted molar refractivity (Wildman–Crippen MR) is 131 cm³/mol. The maximum absolute atomic E-state index is 6.20. The molecule has 31 heavy (non-hydrogen) atoms. The number of nitrogens with zero attached hydrogens (tertiary/aromatic N) is 4. The highest BCUT2D eigenvalue weighted by Crippen LogP contribution is 2.25. The van der Waals surface area contributed by atoms with E-state index >= 15 is 0 Å². The van der Waals surface area contributed by atoms with Gasteiger partial charge in [-0.1, -0.05) is 23.2 Å². The van der Waals surface area contributed by atoms with Crippen LogP contribution in [0, 0.1) is 0 Å². The van der Waals surface area contributed by atoms with Crippen molar-refractivity contribution in [3.63, 3.8) is 0 Å². The highest BCUT2D eigenvalue weighted by molar-refractivity contribution is 8.07. The van der Waals surface area contributed by atoms with Gasteiger partial charge in [-0.3, -0.25) is 0 Å². The normalized spacial score (nSPS) is 11.2. The first-order valence-electron chi connectivity index (χ1n) is 9.65. The Bertz CT molecular complexity index is 1020. The van der Waals surface area contributed by atoms with E-state index in [1.807, 2.05) is 57.9 Å². The van der Waals surface area contributed by atoms with Crippen molar-refractivity contribution in [2.24, 2.45) is 0 Å². The first kappa shape index (κ1) is 22.3. The fourth-order valence-electron chi connectivity index (χ4n) is 3.22. The topological polar surface area (TPSA) is 44.9 Å². The van der Waals surface area contributed by atoms with Crippen LogP contribution in [0.25, 0.3) is 11.4 Å². The fraction of sp³-hybridized carbons (Fsp3) is 0.182. The number of hydrogen-bond donors (Lipinski definition) is 0. The van der Waals surface area contributed by atoms with Crippen LogP contribution in [0.5, 0.6) is 0 Å². The second-order valence-electron chi connectivity index (χ2n) is 6.70. The minimum atomic E-state index is 0.731. The van der Waals surface area contributed by atoms with Gasteiger partial charge in [0.1, 0.15) is 0 Å². The molecule has 0 aliphatic heterocycles. The smallest absolute Gasteiger partial charge is 0.0991 e. The summed E-state index contributed by atoms with van der Waals surface area (Å²) in [6.07, 6.45) is 12.7. The third kappa shape index (κ3) is 6.08. The molecule has 2 aromatic carbocycles. The first-order chi connectivity index (χ1) is 15.2. The third-order valence-corrected chi connectivity index (χ3v) is 6.64. The van der Waals surface area contributed by atoms with E-state index in [1.165, 1.54) is 24.1 Å². The van der Waals surface area contributed by atoms with E-state index in [0.717, 1.165) is 56.9 Å². The van der Waals surface area contributed by atoms with Gasteiger partial charge in [0.05, 0.1) is 12.7 Å². The molecular formula is C22H20Cl2N4OS2. The average Bonchev–Trinajstić information content (AvgIpc) is 3.48. The van der Waals surface area contributed by atoms with Crippen LogP contribution in [0.3, 0.4) is 0 Å². The Morgan fingerprint density at radius 2 is 1.23 bits per heavy atom. The Morgan fingerprint density at radius 3 is 1.65 bits per heavy atom. The van der Waals surface area contributed by atoms with Crippen molar-refractivity contribution in [1.82, 2.24) is 19.1 Å². The summed E-state index contributed by atoms with van der Waals surface area (Å²) in [5.41, 5.74) is 4.50. The van der Waals surface area contributed by atoms with Crippen LogP contribution in [-0.4, -0.2) is 30.6 Å². The molecule has 0 saturated carbocycles. The van der Waals surface area contributed by atoms with Gasteiger partial charge in [0.25, 0.3) is 0 Å². The zero-order valence-electron chi connectivity index (χ0n) is 16.5. The fourth-order valence-corrected chi connectivity index (χ4v) is 5.03. The van der Waals surface area contributed by atoms with Crippen LogP contribution in [0.1, 0.15) is 11.1 Å². The lowest BCUT2D eigenvalue weighted by molar-refractivity contribution is 0.752. The molecule has 0 N–H and O–H groups in total. The Hall–Kier alpha value is -1.90. The second kappa shape index (κ2) is 11.1. The molecule has 0 saturated heterocycles. The van der Waals surface area contributed by atoms with E-state index in [2.05, 4.69) is 9.97 Å². The van der Waals surface area contributed by atoms with Gasteiger partial charge in [-0.2, -0.15) is 0 Å². The summed E-state index contributed by atoms with van der Waals surface area (Å²) < 4.78 is 9.72. The average molecular weight is 491 g/mol. The number of hydrogen-bond acceptors (Lipinski definition) is 5. The van der Waals surface area contributed by atoms with Crippen molar-refractivity contribution < 1.29 is 3.63 Å². The molecule has 2 aromatic heterocycles. The van der Waals surface area contributed by atoms with Gasteiger partial charge >= 0.3 is 0 Å². The monoisotopic (exact) mass is 490 g/mol. The summed E-state index contributed by atoms with van der Waals surface area (Å²) in [5.74, 6) is 1.65. The standard InChI is InChI=1S/C22H20Cl2N4OS2/c23-19-1-3-21(27-9-7-25-15-27)17(13-19)5-11-30-29-31-12-6-18-14-20(24)2-4-22(18)28-10-8-26-16-28/h1-4,7-10,13-16H,5-6,11-12H2. The van der Waals surface area contributed by atoms with Gasteiger partial charge in [0, 0.05) is 81.8 Å². The summed E-state index contributed by atoms with van der Waals surface area (Å²) >= 11 is 15.3. The van der Waals surface area contributed by atoms with Crippen molar-refractivity contribution in [1.29, 1.82) is 0 Å². The number of aromatic nitrogens is 4. The molecule has 0 fully saturated rings. The van der Waals surface area contributed by atoms with E-state index in [-0.39, 0.29) is 0 Å². The number of rotatable bonds is 10. The quantitative estimate of drug-likeness (QED) is 0.188. The van der Waals surface area contributed by atoms with Crippen LogP contribution < -0.4 is 0 Å². The van der Waals surface area contributed by atoms with Gasteiger partial charge in [-0.25, -0.2) is 13.6 Å². The Labute approximate surface area is 200 Å². The van der Waals surface area contributed by atoms with E-state index in [1.54, 1.807) is 25.0 Å². The van der Waals surface area contributed by atoms with Crippen LogP contribution in [0.2, 0.25) is 10.0 Å². The van der Waals surface area contributed by atoms with Gasteiger partial charge < -0.3 is 9.13 Å². The van der Waals surface area contributed by atoms with Crippen molar-refractivity contribution in [3.05, 3.63) is 95.0 Å². The summed E-state index contributed by atoms with van der Waals surface area (Å²) in [4.78, 5) is 8.26. The molecular weight excluding hydrogens is 471 g/mol. The van der Waals surface area contributed by atoms with Crippen LogP contribution in [0.15, 0.2) is 73.8 Å². The largest absolute Gasteiger partial charge is 0.306 e. The third-order valence-electron chi connectivity index (χ3n) is 4.65. The molecule has 9 heteroatoms. The van der Waals surface area contributed by atoms with E-state index < -0.39 is 0 Å². The summed E-state index contributed by atoms with van der Waals surface area (Å²) in [5, 5.41) is 1.46. The summed E-state index contributed by atoms with van der Waals surface area (Å²) in [6.45, 7) is 0.